The summed E-state index contributed by atoms with van der Waals surface area (Å²) in [6.07, 6.45) is 2.03. The Morgan fingerprint density at radius 2 is 2.11 bits per heavy atom. The van der Waals surface area contributed by atoms with Gasteiger partial charge in [0.15, 0.2) is 5.82 Å². The van der Waals surface area contributed by atoms with E-state index in [1.165, 1.54) is 12.1 Å². The van der Waals surface area contributed by atoms with E-state index in [1.54, 1.807) is 6.07 Å². The summed E-state index contributed by atoms with van der Waals surface area (Å²) in [5.41, 5.74) is 1.61. The molecule has 1 fully saturated rings. The van der Waals surface area contributed by atoms with Gasteiger partial charge in [-0.15, -0.1) is 0 Å². The molecule has 1 aliphatic heterocycles. The zero-order valence-corrected chi connectivity index (χ0v) is 10.8. The SMILES string of the molecule is Cc1ccc(F)cc1-c1nc(C2CCNCC2)no1. The van der Waals surface area contributed by atoms with Crippen LogP contribution in [0.4, 0.5) is 4.39 Å². The van der Waals surface area contributed by atoms with Crippen LogP contribution in [-0.2, 0) is 0 Å². The van der Waals surface area contributed by atoms with Crippen molar-refractivity contribution in [2.45, 2.75) is 25.7 Å². The van der Waals surface area contributed by atoms with Gasteiger partial charge >= 0.3 is 0 Å². The molecule has 0 bridgehead atoms. The lowest BCUT2D eigenvalue weighted by Crippen LogP contribution is -2.27. The first-order chi connectivity index (χ1) is 9.24. The maximum Gasteiger partial charge on any atom is 0.258 e. The number of nitrogens with zero attached hydrogens (tertiary/aromatic N) is 2. The Kier molecular flexibility index (Phi) is 3.29. The minimum atomic E-state index is -0.290. The van der Waals surface area contributed by atoms with Crippen molar-refractivity contribution in [3.63, 3.8) is 0 Å². The molecule has 5 heteroatoms. The van der Waals surface area contributed by atoms with Crippen molar-refractivity contribution >= 4 is 0 Å². The summed E-state index contributed by atoms with van der Waals surface area (Å²) >= 11 is 0. The number of halogens is 1. The normalized spacial score (nSPS) is 16.7. The maximum atomic E-state index is 13.3. The van der Waals surface area contributed by atoms with Crippen LogP contribution in [0.5, 0.6) is 0 Å². The third-order valence-corrected chi connectivity index (χ3v) is 3.58. The Bertz CT molecular complexity index is 576. The van der Waals surface area contributed by atoms with Gasteiger partial charge < -0.3 is 9.84 Å². The second-order valence-electron chi connectivity index (χ2n) is 4.94. The molecular weight excluding hydrogens is 245 g/mol. The molecule has 0 aliphatic carbocycles. The lowest BCUT2D eigenvalue weighted by molar-refractivity contribution is 0.392. The highest BCUT2D eigenvalue weighted by Crippen LogP contribution is 2.27. The van der Waals surface area contributed by atoms with Gasteiger partial charge in [0.2, 0.25) is 0 Å². The average Bonchev–Trinajstić information content (AvgIpc) is 2.92. The van der Waals surface area contributed by atoms with Crippen molar-refractivity contribution in [2.75, 3.05) is 13.1 Å². The topological polar surface area (TPSA) is 51.0 Å². The predicted molar refractivity (Wildman–Crippen MR) is 69.3 cm³/mol. The van der Waals surface area contributed by atoms with Crippen LogP contribution < -0.4 is 5.32 Å². The summed E-state index contributed by atoms with van der Waals surface area (Å²) in [5.74, 6) is 1.19. The molecule has 1 aliphatic rings. The summed E-state index contributed by atoms with van der Waals surface area (Å²) in [6, 6.07) is 4.59. The standard InChI is InChI=1S/C14H16FN3O/c1-9-2-3-11(15)8-12(9)14-17-13(18-19-14)10-4-6-16-7-5-10/h2-3,8,10,16H,4-7H2,1H3. The summed E-state index contributed by atoms with van der Waals surface area (Å²) in [4.78, 5) is 4.43. The second-order valence-corrected chi connectivity index (χ2v) is 4.94. The lowest BCUT2D eigenvalue weighted by atomic mass is 9.97. The number of hydrogen-bond donors (Lipinski definition) is 1. The van der Waals surface area contributed by atoms with Gasteiger partial charge in [-0.1, -0.05) is 11.2 Å². The highest BCUT2D eigenvalue weighted by atomic mass is 19.1. The average molecular weight is 261 g/mol. The molecule has 1 N–H and O–H groups in total. The van der Waals surface area contributed by atoms with E-state index in [9.17, 15) is 4.39 Å². The van der Waals surface area contributed by atoms with E-state index in [0.29, 0.717) is 17.4 Å². The zero-order valence-electron chi connectivity index (χ0n) is 10.8. The number of aryl methyl sites for hydroxylation is 1. The van der Waals surface area contributed by atoms with Crippen LogP contribution in [0.25, 0.3) is 11.5 Å². The zero-order chi connectivity index (χ0) is 13.2. The Hall–Kier alpha value is -1.75. The molecule has 4 nitrogen and oxygen atoms in total. The van der Waals surface area contributed by atoms with Gasteiger partial charge in [0.05, 0.1) is 0 Å². The summed E-state index contributed by atoms with van der Waals surface area (Å²) in [5, 5.41) is 7.35. The molecule has 100 valence electrons. The Balaban J connectivity index is 1.89. The summed E-state index contributed by atoms with van der Waals surface area (Å²) in [6.45, 7) is 3.87. The van der Waals surface area contributed by atoms with Crippen LogP contribution >= 0.6 is 0 Å². The van der Waals surface area contributed by atoms with Gasteiger partial charge in [-0.2, -0.15) is 4.98 Å². The van der Waals surface area contributed by atoms with E-state index in [2.05, 4.69) is 15.5 Å². The fourth-order valence-electron chi connectivity index (χ4n) is 2.41. The minimum Gasteiger partial charge on any atom is -0.334 e. The molecular formula is C14H16FN3O. The molecule has 1 aromatic heterocycles. The van der Waals surface area contributed by atoms with Crippen molar-refractivity contribution < 1.29 is 8.91 Å². The molecule has 0 spiro atoms. The van der Waals surface area contributed by atoms with Crippen LogP contribution in [0.2, 0.25) is 0 Å². The Morgan fingerprint density at radius 3 is 2.89 bits per heavy atom. The van der Waals surface area contributed by atoms with E-state index in [4.69, 9.17) is 4.52 Å². The monoisotopic (exact) mass is 261 g/mol. The molecule has 19 heavy (non-hydrogen) atoms. The van der Waals surface area contributed by atoms with Crippen molar-refractivity contribution in [3.05, 3.63) is 35.4 Å². The van der Waals surface area contributed by atoms with Gasteiger partial charge in [0, 0.05) is 11.5 Å². The Morgan fingerprint density at radius 1 is 1.32 bits per heavy atom. The van der Waals surface area contributed by atoms with E-state index < -0.39 is 0 Å². The first kappa shape index (κ1) is 12.3. The third-order valence-electron chi connectivity index (χ3n) is 3.58. The summed E-state index contributed by atoms with van der Waals surface area (Å²) < 4.78 is 18.6. The van der Waals surface area contributed by atoms with Crippen LogP contribution in [0.3, 0.4) is 0 Å². The molecule has 0 atom stereocenters. The molecule has 1 aromatic carbocycles. The quantitative estimate of drug-likeness (QED) is 0.903. The van der Waals surface area contributed by atoms with E-state index in [1.807, 2.05) is 6.92 Å². The van der Waals surface area contributed by atoms with Crippen molar-refractivity contribution in [1.82, 2.24) is 15.5 Å². The number of benzene rings is 1. The van der Waals surface area contributed by atoms with Crippen LogP contribution in [0.1, 0.15) is 30.1 Å². The second kappa shape index (κ2) is 5.09. The Labute approximate surface area is 111 Å². The van der Waals surface area contributed by atoms with Crippen molar-refractivity contribution in [3.8, 4) is 11.5 Å². The molecule has 0 unspecified atom stereocenters. The van der Waals surface area contributed by atoms with Crippen molar-refractivity contribution in [1.29, 1.82) is 0 Å². The van der Waals surface area contributed by atoms with Gasteiger partial charge in [0.25, 0.3) is 5.89 Å². The third kappa shape index (κ3) is 2.51. The van der Waals surface area contributed by atoms with E-state index in [0.717, 1.165) is 37.3 Å². The smallest absolute Gasteiger partial charge is 0.258 e. The van der Waals surface area contributed by atoms with Crippen LogP contribution in [0, 0.1) is 12.7 Å². The first-order valence-corrected chi connectivity index (χ1v) is 6.55. The van der Waals surface area contributed by atoms with Crippen LogP contribution in [-0.4, -0.2) is 23.2 Å². The minimum absolute atomic E-state index is 0.290. The molecule has 0 amide bonds. The van der Waals surface area contributed by atoms with Crippen LogP contribution in [0.15, 0.2) is 22.7 Å². The number of rotatable bonds is 2. The van der Waals surface area contributed by atoms with Gasteiger partial charge in [-0.05, 0) is 50.6 Å². The molecule has 0 radical (unpaired) electrons. The van der Waals surface area contributed by atoms with Crippen molar-refractivity contribution in [2.24, 2.45) is 0 Å². The van der Waals surface area contributed by atoms with E-state index in [-0.39, 0.29) is 5.82 Å². The number of hydrogen-bond acceptors (Lipinski definition) is 4. The highest BCUT2D eigenvalue weighted by molar-refractivity contribution is 5.58. The molecule has 2 heterocycles. The maximum absolute atomic E-state index is 13.3. The lowest BCUT2D eigenvalue weighted by Gasteiger charge is -2.18. The molecule has 0 saturated carbocycles. The molecule has 2 aromatic rings. The van der Waals surface area contributed by atoms with E-state index >= 15 is 0 Å². The van der Waals surface area contributed by atoms with Gasteiger partial charge in [-0.25, -0.2) is 4.39 Å². The number of aromatic nitrogens is 2. The first-order valence-electron chi connectivity index (χ1n) is 6.55. The molecule has 1 saturated heterocycles. The fourth-order valence-corrected chi connectivity index (χ4v) is 2.41. The predicted octanol–water partition coefficient (Wildman–Crippen LogP) is 2.65. The highest BCUT2D eigenvalue weighted by Gasteiger charge is 2.21. The van der Waals surface area contributed by atoms with Gasteiger partial charge in [0.1, 0.15) is 5.82 Å². The summed E-state index contributed by atoms with van der Waals surface area (Å²) in [7, 11) is 0. The number of piperidine rings is 1. The molecule has 3 rings (SSSR count). The fraction of sp³-hybridized carbons (Fsp3) is 0.429. The number of nitrogens with one attached hydrogen (secondary N) is 1. The largest absolute Gasteiger partial charge is 0.334 e. The van der Waals surface area contributed by atoms with Gasteiger partial charge in [-0.3, -0.25) is 0 Å².